The van der Waals surface area contributed by atoms with Gasteiger partial charge in [0, 0.05) is 5.41 Å². The lowest BCUT2D eigenvalue weighted by molar-refractivity contribution is -0.883. The molecule has 6 aliphatic rings. The summed E-state index contributed by atoms with van der Waals surface area (Å²) in [6.45, 7) is 19.9. The van der Waals surface area contributed by atoms with E-state index in [1.165, 1.54) is 57.8 Å². The number of aliphatic hydroxyl groups is 1. The third-order valence-corrected chi connectivity index (χ3v) is 15.6. The Kier molecular flexibility index (Phi) is 6.99. The van der Waals surface area contributed by atoms with Crippen LogP contribution in [0.4, 0.5) is 0 Å². The van der Waals surface area contributed by atoms with E-state index in [2.05, 4.69) is 48.5 Å². The standard InChI is InChI=1S/C36H62NO4/c1-31(2)16-18-36-19-17-34(6)24(29(36)30(31)40-23-36)10-11-26-33(5)14-13-27(41-28(39)22-37(8,9)20-21-38)32(3,4)25(33)12-15-35(26,34)7/h24-27,29-30,38H,10-23H2,1-9H3/q+1/t24?,25?,26?,27-,29?,30+,33-,34+,35+,36?/m0/s1. The van der Waals surface area contributed by atoms with E-state index in [9.17, 15) is 9.90 Å². The van der Waals surface area contributed by atoms with Crippen molar-refractivity contribution in [1.29, 1.82) is 0 Å². The largest absolute Gasteiger partial charge is 0.458 e. The van der Waals surface area contributed by atoms with Crippen molar-refractivity contribution in [2.24, 2.45) is 56.2 Å². The number of likely N-dealkylation sites (N-methyl/N-ethyl adjacent to an activating group) is 1. The number of quaternary nitrogens is 1. The van der Waals surface area contributed by atoms with Crippen molar-refractivity contribution < 1.29 is 23.9 Å². The average Bonchev–Trinajstić information content (AvgIpc) is 3.19. The minimum absolute atomic E-state index is 0.0229. The molecule has 1 heterocycles. The van der Waals surface area contributed by atoms with Crippen LogP contribution in [0.25, 0.3) is 0 Å². The molecule has 5 aliphatic carbocycles. The van der Waals surface area contributed by atoms with Crippen molar-refractivity contribution in [3.63, 3.8) is 0 Å². The Labute approximate surface area is 251 Å². The van der Waals surface area contributed by atoms with E-state index < -0.39 is 0 Å². The van der Waals surface area contributed by atoms with Crippen LogP contribution < -0.4 is 0 Å². The molecule has 2 bridgehead atoms. The summed E-state index contributed by atoms with van der Waals surface area (Å²) in [6.07, 6.45) is 13.3. The van der Waals surface area contributed by atoms with Crippen molar-refractivity contribution in [3.8, 4) is 0 Å². The molecule has 0 aromatic rings. The van der Waals surface area contributed by atoms with Gasteiger partial charge in [0.15, 0.2) is 6.54 Å². The van der Waals surface area contributed by atoms with Gasteiger partial charge in [-0.15, -0.1) is 0 Å². The molecular formula is C36H62NO4+. The van der Waals surface area contributed by atoms with Gasteiger partial charge in [0.25, 0.3) is 0 Å². The van der Waals surface area contributed by atoms with Crippen LogP contribution in [0.15, 0.2) is 0 Å². The summed E-state index contributed by atoms with van der Waals surface area (Å²) < 4.78 is 13.5. The molecule has 0 spiro atoms. The van der Waals surface area contributed by atoms with E-state index in [0.717, 1.165) is 30.8 Å². The molecule has 5 unspecified atom stereocenters. The first-order chi connectivity index (χ1) is 19.0. The molecule has 0 aromatic heterocycles. The predicted molar refractivity (Wildman–Crippen MR) is 163 cm³/mol. The van der Waals surface area contributed by atoms with Crippen LogP contribution >= 0.6 is 0 Å². The quantitative estimate of drug-likeness (QED) is 0.289. The van der Waals surface area contributed by atoms with E-state index >= 15 is 0 Å². The third-order valence-electron chi connectivity index (χ3n) is 15.6. The number of carbonyl (C=O) groups is 1. The second-order valence-corrected chi connectivity index (χ2v) is 18.7. The van der Waals surface area contributed by atoms with Crippen LogP contribution in [0.1, 0.15) is 113 Å². The van der Waals surface area contributed by atoms with Gasteiger partial charge < -0.3 is 19.1 Å². The monoisotopic (exact) mass is 572 g/mol. The van der Waals surface area contributed by atoms with Crippen molar-refractivity contribution in [3.05, 3.63) is 0 Å². The van der Waals surface area contributed by atoms with Crippen molar-refractivity contribution >= 4 is 5.97 Å². The van der Waals surface area contributed by atoms with Gasteiger partial charge in [0.2, 0.25) is 0 Å². The Morgan fingerprint density at radius 3 is 2.27 bits per heavy atom. The SMILES string of the molecule is CC1(C)CCC23CC[C@]4(C)C(CCC5[C@@]6(C)CC[C@H](OC(=O)C[N+](C)(C)CCO)C(C)(C)C6CC[C@]54C)C2[C@H]1OC3. The normalized spacial score (nSPS) is 49.7. The number of nitrogens with zero attached hydrogens (tertiary/aromatic N) is 1. The van der Waals surface area contributed by atoms with E-state index in [4.69, 9.17) is 9.47 Å². The average molecular weight is 573 g/mol. The Bertz CT molecular complexity index is 1050. The fraction of sp³-hybridized carbons (Fsp3) is 0.972. The van der Waals surface area contributed by atoms with Gasteiger partial charge in [-0.25, -0.2) is 4.79 Å². The zero-order valence-electron chi connectivity index (χ0n) is 28.0. The number of rotatable bonds is 5. The molecule has 1 saturated heterocycles. The number of hydrogen-bond donors (Lipinski definition) is 1. The Hall–Kier alpha value is -0.650. The van der Waals surface area contributed by atoms with Gasteiger partial charge in [-0.3, -0.25) is 0 Å². The first-order valence-corrected chi connectivity index (χ1v) is 17.2. The third kappa shape index (κ3) is 4.20. The van der Waals surface area contributed by atoms with Gasteiger partial charge in [0.1, 0.15) is 12.6 Å². The van der Waals surface area contributed by atoms with Crippen LogP contribution in [0.3, 0.4) is 0 Å². The number of fused-ring (bicyclic) bond motifs is 5. The molecule has 0 amide bonds. The summed E-state index contributed by atoms with van der Waals surface area (Å²) >= 11 is 0. The molecule has 0 radical (unpaired) electrons. The molecule has 5 saturated carbocycles. The smallest absolute Gasteiger partial charge is 0.362 e. The maximum absolute atomic E-state index is 13.1. The number of ether oxygens (including phenoxy) is 2. The summed E-state index contributed by atoms with van der Waals surface area (Å²) in [5, 5.41) is 9.42. The summed E-state index contributed by atoms with van der Waals surface area (Å²) in [6, 6.07) is 0. The Balaban J connectivity index is 1.24. The first kappa shape index (κ1) is 30.4. The molecule has 6 fully saturated rings. The number of carbonyl (C=O) groups excluding carboxylic acids is 1. The molecule has 0 aromatic carbocycles. The van der Waals surface area contributed by atoms with E-state index in [0.29, 0.717) is 51.3 Å². The lowest BCUT2D eigenvalue weighted by atomic mass is 9.31. The van der Waals surface area contributed by atoms with E-state index in [1.807, 2.05) is 14.1 Å². The maximum Gasteiger partial charge on any atom is 0.362 e. The van der Waals surface area contributed by atoms with E-state index in [-0.39, 0.29) is 29.5 Å². The molecule has 10 atom stereocenters. The van der Waals surface area contributed by atoms with Crippen molar-refractivity contribution in [1.82, 2.24) is 0 Å². The lowest BCUT2D eigenvalue weighted by Gasteiger charge is -2.73. The van der Waals surface area contributed by atoms with Crippen LogP contribution in [-0.2, 0) is 14.3 Å². The number of aliphatic hydroxyl groups excluding tert-OH is 1. The maximum atomic E-state index is 13.1. The molecule has 1 aliphatic heterocycles. The number of esters is 1. The first-order valence-electron chi connectivity index (χ1n) is 17.2. The lowest BCUT2D eigenvalue weighted by Crippen LogP contribution is -2.68. The summed E-state index contributed by atoms with van der Waals surface area (Å²) in [4.78, 5) is 13.1. The topological polar surface area (TPSA) is 55.8 Å². The zero-order valence-corrected chi connectivity index (χ0v) is 28.0. The van der Waals surface area contributed by atoms with Crippen molar-refractivity contribution in [2.75, 3.05) is 40.4 Å². The molecule has 5 nitrogen and oxygen atoms in total. The van der Waals surface area contributed by atoms with E-state index in [1.54, 1.807) is 0 Å². The molecular weight excluding hydrogens is 510 g/mol. The van der Waals surface area contributed by atoms with Crippen LogP contribution in [0.2, 0.25) is 0 Å². The summed E-state index contributed by atoms with van der Waals surface area (Å²) in [7, 11) is 4.00. The predicted octanol–water partition coefficient (Wildman–Crippen LogP) is 6.86. The fourth-order valence-corrected chi connectivity index (χ4v) is 13.1. The summed E-state index contributed by atoms with van der Waals surface area (Å²) in [5.41, 5.74) is 1.73. The highest BCUT2D eigenvalue weighted by Gasteiger charge is 2.73. The molecule has 41 heavy (non-hydrogen) atoms. The molecule has 6 rings (SSSR count). The molecule has 1 N–H and O–H groups in total. The summed E-state index contributed by atoms with van der Waals surface area (Å²) in [5.74, 6) is 2.73. The van der Waals surface area contributed by atoms with Gasteiger partial charge in [-0.05, 0) is 115 Å². The fourth-order valence-electron chi connectivity index (χ4n) is 13.1. The van der Waals surface area contributed by atoms with Crippen LogP contribution in [0.5, 0.6) is 0 Å². The van der Waals surface area contributed by atoms with Crippen molar-refractivity contribution in [2.45, 2.75) is 125 Å². The second kappa shape index (κ2) is 9.43. The minimum Gasteiger partial charge on any atom is -0.458 e. The number of hydrogen-bond acceptors (Lipinski definition) is 4. The molecule has 5 heteroatoms. The van der Waals surface area contributed by atoms with Crippen LogP contribution in [0, 0.1) is 56.2 Å². The van der Waals surface area contributed by atoms with Gasteiger partial charge >= 0.3 is 5.97 Å². The highest BCUT2D eigenvalue weighted by Crippen LogP contribution is 2.78. The van der Waals surface area contributed by atoms with Gasteiger partial charge in [0.05, 0.1) is 33.4 Å². The Morgan fingerprint density at radius 1 is 0.854 bits per heavy atom. The highest BCUT2D eigenvalue weighted by atomic mass is 16.5. The van der Waals surface area contributed by atoms with Gasteiger partial charge in [-0.2, -0.15) is 0 Å². The van der Waals surface area contributed by atoms with Crippen LogP contribution in [-0.4, -0.2) is 68.2 Å². The highest BCUT2D eigenvalue weighted by molar-refractivity contribution is 5.70. The second-order valence-electron chi connectivity index (χ2n) is 18.7. The molecule has 234 valence electrons. The zero-order chi connectivity index (χ0) is 29.9. The van der Waals surface area contributed by atoms with Gasteiger partial charge in [-0.1, -0.05) is 48.5 Å². The Morgan fingerprint density at radius 2 is 1.56 bits per heavy atom. The minimum atomic E-state index is -0.109.